The maximum Gasteiger partial charge on any atom is 0.329 e. The molecular weight excluding hydrogens is 278 g/mol. The summed E-state index contributed by atoms with van der Waals surface area (Å²) < 4.78 is 0. The zero-order chi connectivity index (χ0) is 15.9. The van der Waals surface area contributed by atoms with Crippen LogP contribution in [0.1, 0.15) is 50.2 Å². The van der Waals surface area contributed by atoms with E-state index in [2.05, 4.69) is 24.4 Å². The first-order valence-corrected chi connectivity index (χ1v) is 7.80. The average Bonchev–Trinajstić information content (AvgIpc) is 2.55. The van der Waals surface area contributed by atoms with E-state index >= 15 is 0 Å². The molecule has 1 N–H and O–H groups in total. The molecule has 1 aliphatic rings. The van der Waals surface area contributed by atoms with Gasteiger partial charge in [-0.05, 0) is 36.3 Å². The van der Waals surface area contributed by atoms with Crippen LogP contribution in [0.5, 0.6) is 0 Å². The molecule has 1 saturated heterocycles. The van der Waals surface area contributed by atoms with Gasteiger partial charge in [0.25, 0.3) is 0 Å². The highest BCUT2D eigenvalue weighted by Crippen LogP contribution is 2.13. The van der Waals surface area contributed by atoms with E-state index in [1.165, 1.54) is 5.56 Å². The lowest BCUT2D eigenvalue weighted by Crippen LogP contribution is -2.43. The van der Waals surface area contributed by atoms with Crippen LogP contribution in [0.15, 0.2) is 29.4 Å². The molecule has 0 saturated carbocycles. The van der Waals surface area contributed by atoms with E-state index < -0.39 is 11.8 Å². The minimum atomic E-state index is -0.669. The normalized spacial score (nSPS) is 15.3. The molecule has 2 rings (SSSR count). The van der Waals surface area contributed by atoms with E-state index in [1.807, 2.05) is 24.3 Å². The largest absolute Gasteiger partial charge is 0.334 e. The number of hydrogen-bond acceptors (Lipinski definition) is 3. The third-order valence-corrected chi connectivity index (χ3v) is 3.82. The Morgan fingerprint density at radius 1 is 1.14 bits per heavy atom. The van der Waals surface area contributed by atoms with Crippen LogP contribution in [0, 0.1) is 0 Å². The Morgan fingerprint density at radius 2 is 1.77 bits per heavy atom. The van der Waals surface area contributed by atoms with E-state index in [4.69, 9.17) is 0 Å². The number of benzene rings is 1. The molecule has 1 fully saturated rings. The smallest absolute Gasteiger partial charge is 0.329 e. The standard InChI is InChI=1S/C17H23N3O2/c1-13(2)15-8-6-14(7-9-15)12-18-19-16(21)17(22)20-10-4-3-5-11-20/h6-9,12-13H,3-5,10-11H2,1-2H3,(H,19,21)/b18-12-. The van der Waals surface area contributed by atoms with E-state index in [0.29, 0.717) is 19.0 Å². The molecule has 5 nitrogen and oxygen atoms in total. The quantitative estimate of drug-likeness (QED) is 0.529. The highest BCUT2D eigenvalue weighted by molar-refractivity contribution is 6.35. The maximum atomic E-state index is 11.9. The molecular formula is C17H23N3O2. The van der Waals surface area contributed by atoms with Crippen LogP contribution in [-0.4, -0.2) is 36.0 Å². The fraction of sp³-hybridized carbons (Fsp3) is 0.471. The molecule has 1 aliphatic heterocycles. The Hall–Kier alpha value is -2.17. The maximum absolute atomic E-state index is 11.9. The summed E-state index contributed by atoms with van der Waals surface area (Å²) >= 11 is 0. The van der Waals surface area contributed by atoms with Crippen molar-refractivity contribution in [2.75, 3.05) is 13.1 Å². The van der Waals surface area contributed by atoms with Gasteiger partial charge in [-0.25, -0.2) is 5.43 Å². The molecule has 1 aromatic rings. The van der Waals surface area contributed by atoms with E-state index in [0.717, 1.165) is 24.8 Å². The SMILES string of the molecule is CC(C)c1ccc(/C=N\NC(=O)C(=O)N2CCCCC2)cc1. The van der Waals surface area contributed by atoms with Crippen molar-refractivity contribution in [3.8, 4) is 0 Å². The van der Waals surface area contributed by atoms with E-state index in [9.17, 15) is 9.59 Å². The predicted molar refractivity (Wildman–Crippen MR) is 86.7 cm³/mol. The van der Waals surface area contributed by atoms with Gasteiger partial charge in [-0.1, -0.05) is 38.1 Å². The highest BCUT2D eigenvalue weighted by Gasteiger charge is 2.22. The van der Waals surface area contributed by atoms with Crippen molar-refractivity contribution in [1.82, 2.24) is 10.3 Å². The van der Waals surface area contributed by atoms with Crippen molar-refractivity contribution in [3.05, 3.63) is 35.4 Å². The van der Waals surface area contributed by atoms with Crippen molar-refractivity contribution in [2.45, 2.75) is 39.0 Å². The summed E-state index contributed by atoms with van der Waals surface area (Å²) in [5, 5.41) is 3.86. The van der Waals surface area contributed by atoms with Gasteiger partial charge < -0.3 is 4.90 Å². The molecule has 0 aromatic heterocycles. The fourth-order valence-corrected chi connectivity index (χ4v) is 2.42. The number of hydrazone groups is 1. The van der Waals surface area contributed by atoms with Crippen LogP contribution in [0.4, 0.5) is 0 Å². The molecule has 0 spiro atoms. The monoisotopic (exact) mass is 301 g/mol. The molecule has 0 atom stereocenters. The number of hydrogen-bond donors (Lipinski definition) is 1. The molecule has 5 heteroatoms. The first kappa shape index (κ1) is 16.2. The van der Waals surface area contributed by atoms with E-state index in [-0.39, 0.29) is 0 Å². The molecule has 0 aliphatic carbocycles. The molecule has 118 valence electrons. The summed E-state index contributed by atoms with van der Waals surface area (Å²) in [6.45, 7) is 5.59. The molecule has 0 radical (unpaired) electrons. The minimum Gasteiger partial charge on any atom is -0.334 e. The summed E-state index contributed by atoms with van der Waals surface area (Å²) in [5.41, 5.74) is 4.44. The number of piperidine rings is 1. The predicted octanol–water partition coefficient (Wildman–Crippen LogP) is 2.27. The number of nitrogens with one attached hydrogen (secondary N) is 1. The first-order valence-electron chi connectivity index (χ1n) is 7.80. The van der Waals surface area contributed by atoms with Crippen molar-refractivity contribution in [3.63, 3.8) is 0 Å². The molecule has 2 amide bonds. The Bertz CT molecular complexity index is 544. The third-order valence-electron chi connectivity index (χ3n) is 3.82. The summed E-state index contributed by atoms with van der Waals surface area (Å²) in [6.07, 6.45) is 4.59. The van der Waals surface area contributed by atoms with Gasteiger partial charge in [0, 0.05) is 13.1 Å². The lowest BCUT2D eigenvalue weighted by atomic mass is 10.0. The summed E-state index contributed by atoms with van der Waals surface area (Å²) in [6, 6.07) is 7.95. The second kappa shape index (κ2) is 7.73. The Kier molecular flexibility index (Phi) is 5.69. The summed E-state index contributed by atoms with van der Waals surface area (Å²) in [4.78, 5) is 25.2. The Morgan fingerprint density at radius 3 is 2.36 bits per heavy atom. The van der Waals surface area contributed by atoms with Crippen molar-refractivity contribution in [1.29, 1.82) is 0 Å². The van der Waals surface area contributed by atoms with Gasteiger partial charge in [0.15, 0.2) is 0 Å². The van der Waals surface area contributed by atoms with Crippen LogP contribution in [0.3, 0.4) is 0 Å². The number of nitrogens with zero attached hydrogens (tertiary/aromatic N) is 2. The van der Waals surface area contributed by atoms with Crippen molar-refractivity contribution < 1.29 is 9.59 Å². The van der Waals surface area contributed by atoms with Gasteiger partial charge in [-0.15, -0.1) is 0 Å². The van der Waals surface area contributed by atoms with Gasteiger partial charge in [-0.2, -0.15) is 5.10 Å². The summed E-state index contributed by atoms with van der Waals surface area (Å²) in [5.74, 6) is -0.684. The number of carbonyl (C=O) groups is 2. The van der Waals surface area contributed by atoms with Gasteiger partial charge in [-0.3, -0.25) is 9.59 Å². The Labute approximate surface area is 131 Å². The molecule has 22 heavy (non-hydrogen) atoms. The summed E-state index contributed by atoms with van der Waals surface area (Å²) in [7, 11) is 0. The Balaban J connectivity index is 1.85. The average molecular weight is 301 g/mol. The fourth-order valence-electron chi connectivity index (χ4n) is 2.42. The second-order valence-electron chi connectivity index (χ2n) is 5.87. The number of rotatable bonds is 3. The zero-order valence-corrected chi connectivity index (χ0v) is 13.2. The molecule has 1 aromatic carbocycles. The van der Waals surface area contributed by atoms with Gasteiger partial charge >= 0.3 is 11.8 Å². The third kappa shape index (κ3) is 4.41. The number of amides is 2. The van der Waals surface area contributed by atoms with Crippen LogP contribution in [0.2, 0.25) is 0 Å². The van der Waals surface area contributed by atoms with Gasteiger partial charge in [0.1, 0.15) is 0 Å². The van der Waals surface area contributed by atoms with Gasteiger partial charge in [0.05, 0.1) is 6.21 Å². The molecule has 0 unspecified atom stereocenters. The van der Waals surface area contributed by atoms with Crippen molar-refractivity contribution >= 4 is 18.0 Å². The number of likely N-dealkylation sites (tertiary alicyclic amines) is 1. The van der Waals surface area contributed by atoms with Crippen LogP contribution in [-0.2, 0) is 9.59 Å². The van der Waals surface area contributed by atoms with E-state index in [1.54, 1.807) is 11.1 Å². The van der Waals surface area contributed by atoms with Crippen molar-refractivity contribution in [2.24, 2.45) is 5.10 Å². The first-order chi connectivity index (χ1) is 10.6. The lowest BCUT2D eigenvalue weighted by Gasteiger charge is -2.25. The van der Waals surface area contributed by atoms with Crippen LogP contribution in [0.25, 0.3) is 0 Å². The minimum absolute atomic E-state index is 0.479. The topological polar surface area (TPSA) is 61.8 Å². The second-order valence-corrected chi connectivity index (χ2v) is 5.87. The van der Waals surface area contributed by atoms with Gasteiger partial charge in [0.2, 0.25) is 0 Å². The molecule has 1 heterocycles. The molecule has 0 bridgehead atoms. The zero-order valence-electron chi connectivity index (χ0n) is 13.2. The lowest BCUT2D eigenvalue weighted by molar-refractivity contribution is -0.146. The highest BCUT2D eigenvalue weighted by atomic mass is 16.2. The number of carbonyl (C=O) groups excluding carboxylic acids is 2. The van der Waals surface area contributed by atoms with Crippen LogP contribution >= 0.6 is 0 Å². The van der Waals surface area contributed by atoms with Crippen LogP contribution < -0.4 is 5.43 Å².